The summed E-state index contributed by atoms with van der Waals surface area (Å²) in [5, 5.41) is 0.230. The minimum absolute atomic E-state index is 0.116. The Morgan fingerprint density at radius 2 is 1.81 bits per heavy atom. The van der Waals surface area contributed by atoms with E-state index in [0.717, 1.165) is 12.8 Å². The van der Waals surface area contributed by atoms with E-state index >= 15 is 0 Å². The Hall–Kier alpha value is -0.780. The van der Waals surface area contributed by atoms with Gasteiger partial charge in [0.05, 0.1) is 15.5 Å². The maximum absolute atomic E-state index is 12.5. The lowest BCUT2D eigenvalue weighted by molar-refractivity contribution is 0.0630. The van der Waals surface area contributed by atoms with Gasteiger partial charge < -0.3 is 4.90 Å². The third-order valence-corrected chi connectivity index (χ3v) is 5.54. The van der Waals surface area contributed by atoms with Crippen molar-refractivity contribution in [3.63, 3.8) is 0 Å². The third kappa shape index (κ3) is 3.90. The molecular formula is C14H17Cl2NO3S. The van der Waals surface area contributed by atoms with E-state index in [1.807, 2.05) is 0 Å². The molecule has 0 unspecified atom stereocenters. The van der Waals surface area contributed by atoms with Crippen LogP contribution in [0.4, 0.5) is 0 Å². The minimum atomic E-state index is -3.88. The fourth-order valence-corrected chi connectivity index (χ4v) is 3.28. The van der Waals surface area contributed by atoms with Gasteiger partial charge in [-0.3, -0.25) is 4.79 Å². The SMILES string of the molecule is CC1(C)CCN(C(=O)c2cc(S(=O)(=O)Cl)ccc2Cl)CC1. The Kier molecular flexibility index (Phi) is 4.57. The lowest BCUT2D eigenvalue weighted by Gasteiger charge is -2.37. The molecule has 1 aromatic rings. The standard InChI is InChI=1S/C14H17Cl2NO3S/c1-14(2)5-7-17(8-6-14)13(18)11-9-10(21(16,19)20)3-4-12(11)15/h3-4,9H,5-8H2,1-2H3. The Morgan fingerprint density at radius 1 is 1.24 bits per heavy atom. The van der Waals surface area contributed by atoms with Crippen molar-refractivity contribution in [3.8, 4) is 0 Å². The number of benzene rings is 1. The average Bonchev–Trinajstić information content (AvgIpc) is 2.37. The molecule has 0 N–H and O–H groups in total. The van der Waals surface area contributed by atoms with Crippen LogP contribution in [0.2, 0.25) is 5.02 Å². The van der Waals surface area contributed by atoms with E-state index in [1.54, 1.807) is 4.90 Å². The highest BCUT2D eigenvalue weighted by Crippen LogP contribution is 2.31. The van der Waals surface area contributed by atoms with Crippen molar-refractivity contribution in [1.29, 1.82) is 0 Å². The first-order chi connectivity index (χ1) is 9.60. The molecule has 0 aliphatic carbocycles. The number of hydrogen-bond donors (Lipinski definition) is 0. The molecule has 0 bridgehead atoms. The Bertz CT molecular complexity index is 661. The van der Waals surface area contributed by atoms with Crippen LogP contribution in [0.1, 0.15) is 37.0 Å². The molecule has 1 heterocycles. The summed E-state index contributed by atoms with van der Waals surface area (Å²) in [7, 11) is 1.43. The van der Waals surface area contributed by atoms with Crippen LogP contribution >= 0.6 is 22.3 Å². The lowest BCUT2D eigenvalue weighted by atomic mass is 9.82. The van der Waals surface area contributed by atoms with Gasteiger partial charge in [-0.2, -0.15) is 0 Å². The molecule has 1 amide bonds. The quantitative estimate of drug-likeness (QED) is 0.767. The summed E-state index contributed by atoms with van der Waals surface area (Å²) >= 11 is 6.03. The van der Waals surface area contributed by atoms with Crippen molar-refractivity contribution < 1.29 is 13.2 Å². The molecule has 0 aromatic heterocycles. The zero-order valence-corrected chi connectivity index (χ0v) is 14.2. The van der Waals surface area contributed by atoms with Gasteiger partial charge in [0, 0.05) is 23.8 Å². The maximum atomic E-state index is 12.5. The summed E-state index contributed by atoms with van der Waals surface area (Å²) in [4.78, 5) is 14.1. The first kappa shape index (κ1) is 16.6. The van der Waals surface area contributed by atoms with Crippen molar-refractivity contribution in [1.82, 2.24) is 4.90 Å². The van der Waals surface area contributed by atoms with Crippen molar-refractivity contribution in [3.05, 3.63) is 28.8 Å². The summed E-state index contributed by atoms with van der Waals surface area (Å²) in [6.07, 6.45) is 1.81. The van der Waals surface area contributed by atoms with Crippen molar-refractivity contribution >= 4 is 37.2 Å². The van der Waals surface area contributed by atoms with Crippen LogP contribution in [0.15, 0.2) is 23.1 Å². The van der Waals surface area contributed by atoms with E-state index in [1.165, 1.54) is 18.2 Å². The van der Waals surface area contributed by atoms with E-state index in [9.17, 15) is 13.2 Å². The fraction of sp³-hybridized carbons (Fsp3) is 0.500. The molecule has 116 valence electrons. The van der Waals surface area contributed by atoms with E-state index in [4.69, 9.17) is 22.3 Å². The van der Waals surface area contributed by atoms with Crippen LogP contribution in [-0.4, -0.2) is 32.3 Å². The fourth-order valence-electron chi connectivity index (χ4n) is 2.31. The highest BCUT2D eigenvalue weighted by Gasteiger charge is 2.29. The zero-order chi connectivity index (χ0) is 15.8. The summed E-state index contributed by atoms with van der Waals surface area (Å²) in [5.74, 6) is -0.252. The first-order valence-corrected chi connectivity index (χ1v) is 9.32. The Morgan fingerprint density at radius 3 is 2.33 bits per heavy atom. The average molecular weight is 350 g/mol. The van der Waals surface area contributed by atoms with Crippen molar-refractivity contribution in [2.24, 2.45) is 5.41 Å². The van der Waals surface area contributed by atoms with Crippen LogP contribution in [0.25, 0.3) is 0 Å². The normalized spacial score (nSPS) is 18.6. The monoisotopic (exact) mass is 349 g/mol. The number of carbonyl (C=O) groups is 1. The van der Waals surface area contributed by atoms with Crippen LogP contribution < -0.4 is 0 Å². The van der Waals surface area contributed by atoms with Gasteiger partial charge in [-0.25, -0.2) is 8.42 Å². The number of rotatable bonds is 2. The topological polar surface area (TPSA) is 54.5 Å². The Balaban J connectivity index is 2.28. The van der Waals surface area contributed by atoms with Gasteiger partial charge in [-0.15, -0.1) is 0 Å². The molecule has 1 saturated heterocycles. The van der Waals surface area contributed by atoms with Crippen LogP contribution in [0.5, 0.6) is 0 Å². The van der Waals surface area contributed by atoms with Crippen molar-refractivity contribution in [2.45, 2.75) is 31.6 Å². The summed E-state index contributed by atoms with van der Waals surface area (Å²) < 4.78 is 22.8. The van der Waals surface area contributed by atoms with Gasteiger partial charge in [0.25, 0.3) is 15.0 Å². The summed E-state index contributed by atoms with van der Waals surface area (Å²) in [6, 6.07) is 3.92. The molecular weight excluding hydrogens is 333 g/mol. The molecule has 1 fully saturated rings. The number of likely N-dealkylation sites (tertiary alicyclic amines) is 1. The maximum Gasteiger partial charge on any atom is 0.261 e. The van der Waals surface area contributed by atoms with E-state index in [-0.39, 0.29) is 26.8 Å². The number of carbonyl (C=O) groups excluding carboxylic acids is 1. The van der Waals surface area contributed by atoms with Crippen LogP contribution in [0.3, 0.4) is 0 Å². The van der Waals surface area contributed by atoms with Gasteiger partial charge in [-0.05, 0) is 36.5 Å². The second-order valence-electron chi connectivity index (χ2n) is 6.04. The van der Waals surface area contributed by atoms with Gasteiger partial charge in [0.2, 0.25) is 0 Å². The molecule has 2 rings (SSSR count). The number of amides is 1. The molecule has 1 aromatic carbocycles. The highest BCUT2D eigenvalue weighted by molar-refractivity contribution is 8.13. The third-order valence-electron chi connectivity index (χ3n) is 3.85. The van der Waals surface area contributed by atoms with Crippen LogP contribution in [0, 0.1) is 5.41 Å². The van der Waals surface area contributed by atoms with Crippen LogP contribution in [-0.2, 0) is 9.05 Å². The van der Waals surface area contributed by atoms with Crippen molar-refractivity contribution in [2.75, 3.05) is 13.1 Å². The number of halogens is 2. The highest BCUT2D eigenvalue weighted by atomic mass is 35.7. The summed E-state index contributed by atoms with van der Waals surface area (Å²) in [5.41, 5.74) is 0.403. The first-order valence-electron chi connectivity index (χ1n) is 6.64. The van der Waals surface area contributed by atoms with Gasteiger partial charge in [0.15, 0.2) is 0 Å². The number of hydrogen-bond acceptors (Lipinski definition) is 3. The number of piperidine rings is 1. The van der Waals surface area contributed by atoms with E-state index < -0.39 is 9.05 Å². The molecule has 4 nitrogen and oxygen atoms in total. The van der Waals surface area contributed by atoms with E-state index in [0.29, 0.717) is 13.1 Å². The van der Waals surface area contributed by atoms with Gasteiger partial charge >= 0.3 is 0 Å². The lowest BCUT2D eigenvalue weighted by Crippen LogP contribution is -2.41. The molecule has 1 aliphatic rings. The molecule has 7 heteroatoms. The predicted molar refractivity (Wildman–Crippen MR) is 83.4 cm³/mol. The molecule has 0 spiro atoms. The zero-order valence-electron chi connectivity index (χ0n) is 11.9. The molecule has 0 atom stereocenters. The van der Waals surface area contributed by atoms with Gasteiger partial charge in [-0.1, -0.05) is 25.4 Å². The molecule has 0 saturated carbocycles. The summed E-state index contributed by atoms with van der Waals surface area (Å²) in [6.45, 7) is 5.62. The minimum Gasteiger partial charge on any atom is -0.339 e. The second kappa shape index (κ2) is 5.78. The molecule has 21 heavy (non-hydrogen) atoms. The smallest absolute Gasteiger partial charge is 0.261 e. The molecule has 0 radical (unpaired) electrons. The molecule has 1 aliphatic heterocycles. The second-order valence-corrected chi connectivity index (χ2v) is 9.01. The predicted octanol–water partition coefficient (Wildman–Crippen LogP) is 3.53. The Labute approximate surface area is 134 Å². The largest absolute Gasteiger partial charge is 0.339 e. The number of nitrogens with zero attached hydrogens (tertiary/aromatic N) is 1. The van der Waals surface area contributed by atoms with E-state index in [2.05, 4.69) is 13.8 Å². The van der Waals surface area contributed by atoms with Gasteiger partial charge in [0.1, 0.15) is 0 Å².